The van der Waals surface area contributed by atoms with Crippen molar-refractivity contribution in [3.05, 3.63) is 58.4 Å². The molecule has 2 aromatic carbocycles. The highest BCUT2D eigenvalue weighted by molar-refractivity contribution is 7.89. The molecular weight excluding hydrogens is 475 g/mol. The third-order valence-electron chi connectivity index (χ3n) is 5.12. The fraction of sp³-hybridized carbons (Fsp3) is 0.333. The van der Waals surface area contributed by atoms with Crippen LogP contribution in [0.3, 0.4) is 0 Å². The lowest BCUT2D eigenvalue weighted by Gasteiger charge is -2.33. The average Bonchev–Trinajstić information content (AvgIpc) is 3.25. The van der Waals surface area contributed by atoms with Crippen LogP contribution < -0.4 is 4.74 Å². The van der Waals surface area contributed by atoms with Crippen LogP contribution in [-0.2, 0) is 16.6 Å². The van der Waals surface area contributed by atoms with E-state index in [1.54, 1.807) is 12.1 Å². The van der Waals surface area contributed by atoms with Crippen LogP contribution in [0.15, 0.2) is 51.9 Å². The van der Waals surface area contributed by atoms with Crippen LogP contribution in [0.4, 0.5) is 0 Å². The first-order valence-corrected chi connectivity index (χ1v) is 12.3. The first kappa shape index (κ1) is 23.0. The molecule has 1 aliphatic heterocycles. The molecule has 0 spiro atoms. The Kier molecular flexibility index (Phi) is 7.02. The van der Waals surface area contributed by atoms with Crippen molar-refractivity contribution >= 4 is 33.2 Å². The molecule has 1 fully saturated rings. The minimum Gasteiger partial charge on any atom is -0.494 e. The molecule has 1 aliphatic rings. The summed E-state index contributed by atoms with van der Waals surface area (Å²) in [6, 6.07) is 12.1. The number of nitrogens with zero attached hydrogens (tertiary/aromatic N) is 4. The van der Waals surface area contributed by atoms with Gasteiger partial charge in [-0.15, -0.1) is 0 Å². The Bertz CT molecular complexity index is 1180. The fourth-order valence-electron chi connectivity index (χ4n) is 3.44. The number of ether oxygens (including phenoxy) is 1. The van der Waals surface area contributed by atoms with Gasteiger partial charge in [0.2, 0.25) is 21.7 Å². The fourth-order valence-corrected chi connectivity index (χ4v) is 5.60. The van der Waals surface area contributed by atoms with Gasteiger partial charge in [-0.2, -0.15) is 9.29 Å². The standard InChI is InChI=1S/C21H22Cl2N4O4S/c1-2-30-16-8-6-15(7-9-16)21-24-19(31-25-21)14-26-10-12-27(13-11-26)32(28,29)18-5-3-4-17(22)20(18)23/h3-9H,2,10-14H2,1H3. The van der Waals surface area contributed by atoms with Gasteiger partial charge >= 0.3 is 0 Å². The zero-order valence-corrected chi connectivity index (χ0v) is 19.7. The van der Waals surface area contributed by atoms with Crippen molar-refractivity contribution in [2.75, 3.05) is 32.8 Å². The maximum atomic E-state index is 13.0. The summed E-state index contributed by atoms with van der Waals surface area (Å²) in [7, 11) is -3.72. The van der Waals surface area contributed by atoms with Gasteiger partial charge in [-0.1, -0.05) is 34.4 Å². The summed E-state index contributed by atoms with van der Waals surface area (Å²) in [5.41, 5.74) is 0.831. The van der Waals surface area contributed by atoms with E-state index in [0.29, 0.717) is 51.0 Å². The highest BCUT2D eigenvalue weighted by atomic mass is 35.5. The van der Waals surface area contributed by atoms with E-state index in [4.69, 9.17) is 32.5 Å². The number of hydrogen-bond donors (Lipinski definition) is 0. The quantitative estimate of drug-likeness (QED) is 0.489. The van der Waals surface area contributed by atoms with Gasteiger partial charge in [-0.05, 0) is 43.3 Å². The predicted octanol–water partition coefficient (Wildman–Crippen LogP) is 3.95. The Balaban J connectivity index is 1.37. The zero-order valence-electron chi connectivity index (χ0n) is 17.4. The Labute approximate surface area is 196 Å². The van der Waals surface area contributed by atoms with Crippen LogP contribution in [0, 0.1) is 0 Å². The van der Waals surface area contributed by atoms with Gasteiger partial charge < -0.3 is 9.26 Å². The minimum absolute atomic E-state index is 0.0250. The third kappa shape index (κ3) is 4.92. The van der Waals surface area contributed by atoms with E-state index in [-0.39, 0.29) is 14.9 Å². The maximum Gasteiger partial charge on any atom is 0.244 e. The molecule has 1 saturated heterocycles. The lowest BCUT2D eigenvalue weighted by molar-refractivity contribution is 0.163. The molecule has 0 bridgehead atoms. The molecule has 0 amide bonds. The molecule has 8 nitrogen and oxygen atoms in total. The number of piperazine rings is 1. The van der Waals surface area contributed by atoms with Crippen molar-refractivity contribution in [2.45, 2.75) is 18.4 Å². The van der Waals surface area contributed by atoms with E-state index in [2.05, 4.69) is 15.0 Å². The molecule has 4 rings (SSSR count). The molecule has 170 valence electrons. The summed E-state index contributed by atoms with van der Waals surface area (Å²) in [6.45, 7) is 4.68. The number of halogens is 2. The number of benzene rings is 2. The lowest BCUT2D eigenvalue weighted by atomic mass is 10.2. The van der Waals surface area contributed by atoms with E-state index in [0.717, 1.165) is 11.3 Å². The van der Waals surface area contributed by atoms with E-state index in [1.165, 1.54) is 10.4 Å². The summed E-state index contributed by atoms with van der Waals surface area (Å²) < 4.78 is 38.2. The molecule has 0 saturated carbocycles. The molecule has 0 aliphatic carbocycles. The Hall–Kier alpha value is -2.17. The Morgan fingerprint density at radius 3 is 2.47 bits per heavy atom. The topological polar surface area (TPSA) is 88.8 Å². The second-order valence-corrected chi connectivity index (χ2v) is 9.89. The van der Waals surface area contributed by atoms with Crippen LogP contribution in [0.1, 0.15) is 12.8 Å². The monoisotopic (exact) mass is 496 g/mol. The van der Waals surface area contributed by atoms with Gasteiger partial charge in [0.15, 0.2) is 0 Å². The SMILES string of the molecule is CCOc1ccc(-c2noc(CN3CCN(S(=O)(=O)c4cccc(Cl)c4Cl)CC3)n2)cc1. The zero-order chi connectivity index (χ0) is 22.7. The average molecular weight is 497 g/mol. The van der Waals surface area contributed by atoms with Crippen LogP contribution in [-0.4, -0.2) is 60.5 Å². The summed E-state index contributed by atoms with van der Waals surface area (Å²) >= 11 is 12.1. The van der Waals surface area contributed by atoms with E-state index >= 15 is 0 Å². The molecular formula is C21H22Cl2N4O4S. The number of aromatic nitrogens is 2. The van der Waals surface area contributed by atoms with Crippen LogP contribution in [0.25, 0.3) is 11.4 Å². The smallest absolute Gasteiger partial charge is 0.244 e. The Morgan fingerprint density at radius 1 is 1.06 bits per heavy atom. The minimum atomic E-state index is -3.72. The van der Waals surface area contributed by atoms with E-state index in [9.17, 15) is 8.42 Å². The number of sulfonamides is 1. The normalized spacial score (nSPS) is 15.7. The first-order chi connectivity index (χ1) is 15.4. The number of hydrogen-bond acceptors (Lipinski definition) is 7. The predicted molar refractivity (Wildman–Crippen MR) is 121 cm³/mol. The molecule has 3 aromatic rings. The van der Waals surface area contributed by atoms with E-state index in [1.807, 2.05) is 31.2 Å². The van der Waals surface area contributed by atoms with Crippen molar-refractivity contribution < 1.29 is 17.7 Å². The van der Waals surface area contributed by atoms with Crippen molar-refractivity contribution in [3.8, 4) is 17.1 Å². The molecule has 0 radical (unpaired) electrons. The van der Waals surface area contributed by atoms with Crippen molar-refractivity contribution in [1.29, 1.82) is 0 Å². The summed E-state index contributed by atoms with van der Waals surface area (Å²) in [5, 5.41) is 4.31. The second-order valence-electron chi connectivity index (χ2n) is 7.20. The van der Waals surface area contributed by atoms with Crippen molar-refractivity contribution in [1.82, 2.24) is 19.3 Å². The van der Waals surface area contributed by atoms with Gasteiger partial charge in [0.1, 0.15) is 10.6 Å². The largest absolute Gasteiger partial charge is 0.494 e. The molecule has 0 unspecified atom stereocenters. The Morgan fingerprint density at radius 2 is 1.78 bits per heavy atom. The first-order valence-electron chi connectivity index (χ1n) is 10.1. The van der Waals surface area contributed by atoms with Gasteiger partial charge in [-0.25, -0.2) is 8.42 Å². The summed E-state index contributed by atoms with van der Waals surface area (Å²) in [6.07, 6.45) is 0. The highest BCUT2D eigenvalue weighted by Crippen LogP contribution is 2.31. The molecule has 2 heterocycles. The molecule has 0 N–H and O–H groups in total. The second kappa shape index (κ2) is 9.76. The number of rotatable bonds is 7. The van der Waals surface area contributed by atoms with Gasteiger partial charge in [0.05, 0.1) is 23.2 Å². The van der Waals surface area contributed by atoms with Crippen LogP contribution in [0.5, 0.6) is 5.75 Å². The van der Waals surface area contributed by atoms with Crippen molar-refractivity contribution in [3.63, 3.8) is 0 Å². The molecule has 1 aromatic heterocycles. The van der Waals surface area contributed by atoms with Gasteiger partial charge in [0, 0.05) is 31.7 Å². The molecule has 32 heavy (non-hydrogen) atoms. The van der Waals surface area contributed by atoms with Crippen LogP contribution in [0.2, 0.25) is 10.0 Å². The lowest BCUT2D eigenvalue weighted by Crippen LogP contribution is -2.48. The summed E-state index contributed by atoms with van der Waals surface area (Å²) in [4.78, 5) is 6.56. The highest BCUT2D eigenvalue weighted by Gasteiger charge is 2.31. The van der Waals surface area contributed by atoms with Gasteiger partial charge in [-0.3, -0.25) is 4.90 Å². The van der Waals surface area contributed by atoms with Crippen molar-refractivity contribution in [2.24, 2.45) is 0 Å². The van der Waals surface area contributed by atoms with E-state index < -0.39 is 10.0 Å². The molecule has 11 heteroatoms. The maximum absolute atomic E-state index is 13.0. The van der Waals surface area contributed by atoms with Crippen LogP contribution >= 0.6 is 23.2 Å². The molecule has 0 atom stereocenters. The third-order valence-corrected chi connectivity index (χ3v) is 7.99. The van der Waals surface area contributed by atoms with Gasteiger partial charge in [0.25, 0.3) is 0 Å². The summed E-state index contributed by atoms with van der Waals surface area (Å²) in [5.74, 6) is 1.76.